The number of carbonyl (C=O) groups excluding carboxylic acids is 1. The fourth-order valence-electron chi connectivity index (χ4n) is 4.09. The van der Waals surface area contributed by atoms with Crippen molar-refractivity contribution >= 4 is 11.6 Å². The number of likely N-dealkylation sites (N-methyl/N-ethyl adjacent to an activating group) is 1. The number of carbonyl (C=O) groups is 1. The zero-order valence-corrected chi connectivity index (χ0v) is 14.7. The molecule has 3 nitrogen and oxygen atoms in total. The van der Waals surface area contributed by atoms with Crippen LogP contribution < -0.4 is 4.90 Å². The van der Waals surface area contributed by atoms with Gasteiger partial charge in [0.05, 0.1) is 5.41 Å². The Morgan fingerprint density at radius 2 is 1.58 bits per heavy atom. The summed E-state index contributed by atoms with van der Waals surface area (Å²) >= 11 is 0. The van der Waals surface area contributed by atoms with Gasteiger partial charge in [-0.25, -0.2) is 0 Å². The third-order valence-corrected chi connectivity index (χ3v) is 5.33. The van der Waals surface area contributed by atoms with Gasteiger partial charge in [-0.3, -0.25) is 4.79 Å². The molecule has 26 heavy (non-hydrogen) atoms. The maximum absolute atomic E-state index is 13.6. The lowest BCUT2D eigenvalue weighted by Crippen LogP contribution is -2.52. The molecule has 0 fully saturated rings. The van der Waals surface area contributed by atoms with Gasteiger partial charge in [0.15, 0.2) is 0 Å². The number of hydrogen-bond acceptors (Lipinski definition) is 2. The van der Waals surface area contributed by atoms with Gasteiger partial charge in [0.1, 0.15) is 5.75 Å². The van der Waals surface area contributed by atoms with E-state index >= 15 is 0 Å². The summed E-state index contributed by atoms with van der Waals surface area (Å²) in [5.74, 6) is 0.186. The highest BCUT2D eigenvalue weighted by Crippen LogP contribution is 2.44. The van der Waals surface area contributed by atoms with Crippen LogP contribution in [0.2, 0.25) is 0 Å². The van der Waals surface area contributed by atoms with Crippen molar-refractivity contribution in [3.8, 4) is 5.75 Å². The molecule has 0 aliphatic carbocycles. The largest absolute Gasteiger partial charge is 0.508 e. The highest BCUT2D eigenvalue weighted by Gasteiger charge is 2.47. The van der Waals surface area contributed by atoms with E-state index in [1.807, 2.05) is 67.7 Å². The van der Waals surface area contributed by atoms with Crippen LogP contribution in [0.4, 0.5) is 5.69 Å². The molecule has 0 spiro atoms. The lowest BCUT2D eigenvalue weighted by Gasteiger charge is -2.42. The Balaban J connectivity index is 1.92. The molecule has 4 rings (SSSR count). The van der Waals surface area contributed by atoms with Crippen LogP contribution in [0.1, 0.15) is 16.7 Å². The number of fused-ring (bicyclic) bond motifs is 1. The topological polar surface area (TPSA) is 40.5 Å². The van der Waals surface area contributed by atoms with Crippen LogP contribution in [-0.4, -0.2) is 18.1 Å². The molecule has 1 N–H and O–H groups in total. The number of phenolic OH excluding ortho intramolecular Hbond substituents is 1. The minimum absolute atomic E-state index is 0.0153. The zero-order chi connectivity index (χ0) is 18.1. The first-order chi connectivity index (χ1) is 12.6. The van der Waals surface area contributed by atoms with Crippen molar-refractivity contribution in [2.75, 3.05) is 11.9 Å². The zero-order valence-electron chi connectivity index (χ0n) is 14.7. The minimum atomic E-state index is -0.824. The molecule has 3 aromatic rings. The van der Waals surface area contributed by atoms with E-state index in [1.165, 1.54) is 0 Å². The first-order valence-corrected chi connectivity index (χ1v) is 8.80. The number of phenols is 1. The van der Waals surface area contributed by atoms with E-state index in [4.69, 9.17) is 0 Å². The molecule has 1 aliphatic rings. The normalized spacial score (nSPS) is 19.3. The number of rotatable bonds is 3. The average molecular weight is 343 g/mol. The molecule has 1 atom stereocenters. The van der Waals surface area contributed by atoms with E-state index in [2.05, 4.69) is 6.07 Å². The summed E-state index contributed by atoms with van der Waals surface area (Å²) in [6, 6.07) is 25.2. The van der Waals surface area contributed by atoms with Crippen LogP contribution in [0.3, 0.4) is 0 Å². The van der Waals surface area contributed by atoms with Gasteiger partial charge in [0.2, 0.25) is 5.91 Å². The molecule has 1 heterocycles. The SMILES string of the molecule is CN1C(=O)C(Cc2ccccc2)(c2ccccc2O)Cc2ccccc21. The third-order valence-electron chi connectivity index (χ3n) is 5.33. The van der Waals surface area contributed by atoms with Crippen molar-refractivity contribution in [2.45, 2.75) is 18.3 Å². The van der Waals surface area contributed by atoms with Gasteiger partial charge in [0.25, 0.3) is 0 Å². The van der Waals surface area contributed by atoms with Crippen LogP contribution in [0.5, 0.6) is 5.75 Å². The van der Waals surface area contributed by atoms with Gasteiger partial charge in [0, 0.05) is 18.3 Å². The van der Waals surface area contributed by atoms with Crippen LogP contribution in [0.25, 0.3) is 0 Å². The van der Waals surface area contributed by atoms with Crippen LogP contribution >= 0.6 is 0 Å². The predicted molar refractivity (Wildman–Crippen MR) is 103 cm³/mol. The molecular weight excluding hydrogens is 322 g/mol. The number of anilines is 1. The monoisotopic (exact) mass is 343 g/mol. The van der Waals surface area contributed by atoms with E-state index in [0.29, 0.717) is 18.4 Å². The molecule has 0 bridgehead atoms. The molecular formula is C23H21NO2. The summed E-state index contributed by atoms with van der Waals surface area (Å²) in [5, 5.41) is 10.6. The van der Waals surface area contributed by atoms with Crippen molar-refractivity contribution in [1.29, 1.82) is 0 Å². The number of para-hydroxylation sites is 2. The summed E-state index contributed by atoms with van der Waals surface area (Å²) in [7, 11) is 1.82. The van der Waals surface area contributed by atoms with E-state index in [0.717, 1.165) is 16.8 Å². The molecule has 0 saturated carbocycles. The van der Waals surface area contributed by atoms with Crippen molar-refractivity contribution in [3.63, 3.8) is 0 Å². The summed E-state index contributed by atoms with van der Waals surface area (Å²) < 4.78 is 0. The van der Waals surface area contributed by atoms with Gasteiger partial charge >= 0.3 is 0 Å². The van der Waals surface area contributed by atoms with Crippen LogP contribution in [-0.2, 0) is 23.1 Å². The molecule has 0 saturated heterocycles. The van der Waals surface area contributed by atoms with E-state index in [1.54, 1.807) is 17.0 Å². The molecule has 0 aromatic heterocycles. The van der Waals surface area contributed by atoms with Crippen molar-refractivity contribution in [1.82, 2.24) is 0 Å². The Morgan fingerprint density at radius 3 is 2.35 bits per heavy atom. The van der Waals surface area contributed by atoms with E-state index in [9.17, 15) is 9.90 Å². The van der Waals surface area contributed by atoms with Gasteiger partial charge in [-0.2, -0.15) is 0 Å². The lowest BCUT2D eigenvalue weighted by atomic mass is 9.68. The van der Waals surface area contributed by atoms with Gasteiger partial charge in [-0.15, -0.1) is 0 Å². The Labute approximate surface area is 153 Å². The van der Waals surface area contributed by atoms with Crippen molar-refractivity contribution in [3.05, 3.63) is 95.6 Å². The van der Waals surface area contributed by atoms with Gasteiger partial charge in [-0.05, 0) is 36.1 Å². The van der Waals surface area contributed by atoms with Crippen molar-refractivity contribution in [2.24, 2.45) is 0 Å². The molecule has 1 amide bonds. The van der Waals surface area contributed by atoms with Gasteiger partial charge in [-0.1, -0.05) is 66.7 Å². The second-order valence-corrected chi connectivity index (χ2v) is 6.93. The molecule has 0 radical (unpaired) electrons. The lowest BCUT2D eigenvalue weighted by molar-refractivity contribution is -0.124. The summed E-state index contributed by atoms with van der Waals surface area (Å²) in [4.78, 5) is 15.3. The van der Waals surface area contributed by atoms with E-state index < -0.39 is 5.41 Å². The maximum atomic E-state index is 13.6. The molecule has 1 unspecified atom stereocenters. The molecule has 1 aliphatic heterocycles. The Bertz CT molecular complexity index is 951. The summed E-state index contributed by atoms with van der Waals surface area (Å²) in [6.07, 6.45) is 1.11. The second kappa shape index (κ2) is 6.34. The maximum Gasteiger partial charge on any atom is 0.238 e. The number of aromatic hydroxyl groups is 1. The molecule has 3 heteroatoms. The number of benzene rings is 3. The highest BCUT2D eigenvalue weighted by atomic mass is 16.3. The fraction of sp³-hybridized carbons (Fsp3) is 0.174. The predicted octanol–water partition coefficient (Wildman–Crippen LogP) is 4.09. The highest BCUT2D eigenvalue weighted by molar-refractivity contribution is 6.04. The van der Waals surface area contributed by atoms with E-state index in [-0.39, 0.29) is 11.7 Å². The minimum Gasteiger partial charge on any atom is -0.508 e. The second-order valence-electron chi connectivity index (χ2n) is 6.93. The average Bonchev–Trinajstić information content (AvgIpc) is 2.67. The Morgan fingerprint density at radius 1 is 0.923 bits per heavy atom. The van der Waals surface area contributed by atoms with Gasteiger partial charge < -0.3 is 10.0 Å². The van der Waals surface area contributed by atoms with Crippen LogP contribution in [0.15, 0.2) is 78.9 Å². The number of hydrogen-bond donors (Lipinski definition) is 1. The van der Waals surface area contributed by atoms with Crippen LogP contribution in [0, 0.1) is 0 Å². The number of amides is 1. The smallest absolute Gasteiger partial charge is 0.238 e. The third kappa shape index (κ3) is 2.57. The molecule has 130 valence electrons. The Kier molecular flexibility index (Phi) is 4.00. The summed E-state index contributed by atoms with van der Waals surface area (Å²) in [5.41, 5.74) is 3.01. The molecule has 3 aromatic carbocycles. The fourth-order valence-corrected chi connectivity index (χ4v) is 4.09. The number of nitrogens with zero attached hydrogens (tertiary/aromatic N) is 1. The quantitative estimate of drug-likeness (QED) is 0.778. The standard InChI is InChI=1S/C23H21NO2/c1-24-20-13-7-5-11-18(20)16-23(22(24)26,15-17-9-3-2-4-10-17)19-12-6-8-14-21(19)25/h2-14,25H,15-16H2,1H3. The van der Waals surface area contributed by atoms with Crippen molar-refractivity contribution < 1.29 is 9.90 Å². The first-order valence-electron chi connectivity index (χ1n) is 8.80. The first kappa shape index (κ1) is 16.4. The Hall–Kier alpha value is -3.07. The summed E-state index contributed by atoms with van der Waals surface area (Å²) in [6.45, 7) is 0.